The first-order valence-electron chi connectivity index (χ1n) is 8.07. The lowest BCUT2D eigenvalue weighted by molar-refractivity contribution is -0.118. The molecule has 1 amide bonds. The highest BCUT2D eigenvalue weighted by molar-refractivity contribution is 5.95. The molecule has 2 aromatic heterocycles. The van der Waals surface area contributed by atoms with E-state index in [4.69, 9.17) is 9.26 Å². The Hall–Kier alpha value is -3.22. The molecule has 126 valence electrons. The third-order valence-corrected chi connectivity index (χ3v) is 3.94. The van der Waals surface area contributed by atoms with Gasteiger partial charge in [-0.2, -0.15) is 4.98 Å². The van der Waals surface area contributed by atoms with Crippen LogP contribution in [0, 0.1) is 0 Å². The van der Waals surface area contributed by atoms with Gasteiger partial charge in [-0.05, 0) is 24.3 Å². The average Bonchev–Trinajstić information content (AvgIpc) is 3.15. The molecule has 0 bridgehead atoms. The molecule has 25 heavy (non-hydrogen) atoms. The molecule has 0 radical (unpaired) electrons. The van der Waals surface area contributed by atoms with Crippen LogP contribution in [0.5, 0.6) is 5.75 Å². The van der Waals surface area contributed by atoms with Gasteiger partial charge in [0.05, 0.1) is 12.2 Å². The summed E-state index contributed by atoms with van der Waals surface area (Å²) in [5.74, 6) is 1.60. The summed E-state index contributed by atoms with van der Waals surface area (Å²) >= 11 is 0. The van der Waals surface area contributed by atoms with Crippen molar-refractivity contribution in [1.82, 2.24) is 15.1 Å². The molecule has 4 rings (SSSR count). The molecule has 1 aromatic carbocycles. The number of carbonyl (C=O) groups excluding carboxylic acids is 1. The third-order valence-electron chi connectivity index (χ3n) is 3.94. The van der Waals surface area contributed by atoms with Gasteiger partial charge in [0.15, 0.2) is 0 Å². The molecule has 0 spiro atoms. The molecule has 0 fully saturated rings. The van der Waals surface area contributed by atoms with E-state index >= 15 is 0 Å². The quantitative estimate of drug-likeness (QED) is 0.728. The molecule has 7 heteroatoms. The highest BCUT2D eigenvalue weighted by atomic mass is 16.5. The maximum Gasteiger partial charge on any atom is 0.227 e. The lowest BCUT2D eigenvalue weighted by Crippen LogP contribution is -2.38. The first-order valence-corrected chi connectivity index (χ1v) is 8.07. The normalized spacial score (nSPS) is 13.2. The molecule has 1 aliphatic rings. The topological polar surface area (TPSA) is 81.3 Å². The highest BCUT2D eigenvalue weighted by Gasteiger charge is 2.23. The fourth-order valence-corrected chi connectivity index (χ4v) is 2.73. The summed E-state index contributed by atoms with van der Waals surface area (Å²) in [5.41, 5.74) is 1.45. The molecule has 7 nitrogen and oxygen atoms in total. The summed E-state index contributed by atoms with van der Waals surface area (Å²) in [5, 5.41) is 3.92. The van der Waals surface area contributed by atoms with Crippen LogP contribution in [-0.2, 0) is 11.2 Å². The van der Waals surface area contributed by atoms with Crippen molar-refractivity contribution in [2.75, 3.05) is 18.1 Å². The summed E-state index contributed by atoms with van der Waals surface area (Å²) < 4.78 is 10.8. The van der Waals surface area contributed by atoms with E-state index in [1.165, 1.54) is 0 Å². The number of para-hydroxylation sites is 2. The Morgan fingerprint density at radius 3 is 2.92 bits per heavy atom. The minimum atomic E-state index is 0.00772. The first-order chi connectivity index (χ1) is 12.3. The van der Waals surface area contributed by atoms with Gasteiger partial charge in [0, 0.05) is 19.0 Å². The summed E-state index contributed by atoms with van der Waals surface area (Å²) in [6, 6.07) is 13.0. The van der Waals surface area contributed by atoms with Crippen LogP contribution in [-0.4, -0.2) is 34.2 Å². The predicted octanol–water partition coefficient (Wildman–Crippen LogP) is 2.49. The number of amides is 1. The Morgan fingerprint density at radius 2 is 2.04 bits per heavy atom. The van der Waals surface area contributed by atoms with Gasteiger partial charge in [0.2, 0.25) is 17.6 Å². The number of anilines is 1. The van der Waals surface area contributed by atoms with E-state index in [0.29, 0.717) is 37.0 Å². The fraction of sp³-hybridized carbons (Fsp3) is 0.222. The lowest BCUT2D eigenvalue weighted by atomic mass is 10.2. The van der Waals surface area contributed by atoms with Crippen LogP contribution >= 0.6 is 0 Å². The molecule has 0 saturated carbocycles. The van der Waals surface area contributed by atoms with Gasteiger partial charge in [-0.25, -0.2) is 0 Å². The molecule has 3 aromatic rings. The lowest BCUT2D eigenvalue weighted by Gasteiger charge is -2.29. The third kappa shape index (κ3) is 3.21. The maximum atomic E-state index is 12.6. The zero-order valence-electron chi connectivity index (χ0n) is 13.5. The molecule has 0 aliphatic carbocycles. The number of rotatable bonds is 4. The number of carbonyl (C=O) groups is 1. The smallest absolute Gasteiger partial charge is 0.227 e. The minimum Gasteiger partial charge on any atom is -0.490 e. The van der Waals surface area contributed by atoms with Gasteiger partial charge in [-0.1, -0.05) is 23.4 Å². The van der Waals surface area contributed by atoms with E-state index in [1.807, 2.05) is 42.5 Å². The van der Waals surface area contributed by atoms with Crippen molar-refractivity contribution >= 4 is 11.6 Å². The molecule has 0 N–H and O–H groups in total. The first kappa shape index (κ1) is 15.3. The summed E-state index contributed by atoms with van der Waals surface area (Å²) in [4.78, 5) is 22.8. The second kappa shape index (κ2) is 6.72. The predicted molar refractivity (Wildman–Crippen MR) is 90.1 cm³/mol. The van der Waals surface area contributed by atoms with Crippen LogP contribution in [0.25, 0.3) is 11.5 Å². The number of aryl methyl sites for hydroxylation is 1. The molecule has 1 aliphatic heterocycles. The molecule has 0 atom stereocenters. The van der Waals surface area contributed by atoms with Crippen LogP contribution < -0.4 is 9.64 Å². The van der Waals surface area contributed by atoms with Crippen LogP contribution in [0.1, 0.15) is 12.3 Å². The fourth-order valence-electron chi connectivity index (χ4n) is 2.73. The van der Waals surface area contributed by atoms with Crippen molar-refractivity contribution in [1.29, 1.82) is 0 Å². The number of pyridine rings is 1. The monoisotopic (exact) mass is 336 g/mol. The van der Waals surface area contributed by atoms with Gasteiger partial charge in [-0.15, -0.1) is 0 Å². The van der Waals surface area contributed by atoms with E-state index in [2.05, 4.69) is 15.1 Å². The molecule has 0 saturated heterocycles. The number of aromatic nitrogens is 3. The molecule has 3 heterocycles. The zero-order valence-corrected chi connectivity index (χ0v) is 13.5. The zero-order chi connectivity index (χ0) is 17.1. The molecular formula is C18H16N4O3. The van der Waals surface area contributed by atoms with Crippen molar-refractivity contribution in [2.45, 2.75) is 12.8 Å². The van der Waals surface area contributed by atoms with Gasteiger partial charge in [-0.3, -0.25) is 9.78 Å². The Bertz CT molecular complexity index is 879. The van der Waals surface area contributed by atoms with E-state index < -0.39 is 0 Å². The Morgan fingerprint density at radius 1 is 1.16 bits per heavy atom. The van der Waals surface area contributed by atoms with Crippen molar-refractivity contribution in [3.63, 3.8) is 0 Å². The van der Waals surface area contributed by atoms with Crippen molar-refractivity contribution in [3.05, 3.63) is 54.6 Å². The number of ether oxygens (including phenoxy) is 1. The van der Waals surface area contributed by atoms with E-state index in [9.17, 15) is 4.79 Å². The van der Waals surface area contributed by atoms with E-state index in [1.54, 1.807) is 11.1 Å². The number of benzene rings is 1. The summed E-state index contributed by atoms with van der Waals surface area (Å²) in [6.07, 6.45) is 2.35. The van der Waals surface area contributed by atoms with Crippen molar-refractivity contribution in [2.24, 2.45) is 0 Å². The highest BCUT2D eigenvalue weighted by Crippen LogP contribution is 2.31. The van der Waals surface area contributed by atoms with Crippen molar-refractivity contribution < 1.29 is 14.1 Å². The minimum absolute atomic E-state index is 0.00772. The van der Waals surface area contributed by atoms with Crippen molar-refractivity contribution in [3.8, 4) is 17.3 Å². The number of nitrogens with zero attached hydrogens (tertiary/aromatic N) is 4. The van der Waals surface area contributed by atoms with Gasteiger partial charge < -0.3 is 14.2 Å². The Kier molecular flexibility index (Phi) is 4.12. The van der Waals surface area contributed by atoms with Gasteiger partial charge in [0.25, 0.3) is 0 Å². The number of hydrogen-bond donors (Lipinski definition) is 0. The maximum absolute atomic E-state index is 12.6. The standard InChI is InChI=1S/C18H16N4O3/c23-17(22-11-12-24-15-7-2-1-6-14(15)22)9-8-16-20-18(21-25-16)13-5-3-4-10-19-13/h1-7,10H,8-9,11-12H2. The second-order valence-electron chi connectivity index (χ2n) is 5.59. The van der Waals surface area contributed by atoms with Crippen LogP contribution in [0.4, 0.5) is 5.69 Å². The molecular weight excluding hydrogens is 320 g/mol. The number of fused-ring (bicyclic) bond motifs is 1. The summed E-state index contributed by atoms with van der Waals surface area (Å²) in [6.45, 7) is 1.03. The van der Waals surface area contributed by atoms with Gasteiger partial charge >= 0.3 is 0 Å². The van der Waals surface area contributed by atoms with Crippen LogP contribution in [0.15, 0.2) is 53.2 Å². The average molecular weight is 336 g/mol. The van der Waals surface area contributed by atoms with E-state index in [-0.39, 0.29) is 12.3 Å². The largest absolute Gasteiger partial charge is 0.490 e. The molecule has 0 unspecified atom stereocenters. The van der Waals surface area contributed by atoms with Gasteiger partial charge in [0.1, 0.15) is 18.1 Å². The van der Waals surface area contributed by atoms with E-state index in [0.717, 1.165) is 11.4 Å². The summed E-state index contributed by atoms with van der Waals surface area (Å²) in [7, 11) is 0. The van der Waals surface area contributed by atoms with Crippen LogP contribution in [0.2, 0.25) is 0 Å². The second-order valence-corrected chi connectivity index (χ2v) is 5.59. The SMILES string of the molecule is O=C(CCc1nc(-c2ccccn2)no1)N1CCOc2ccccc21. The number of hydrogen-bond acceptors (Lipinski definition) is 6. The van der Waals surface area contributed by atoms with Crippen LogP contribution in [0.3, 0.4) is 0 Å². The Labute approximate surface area is 144 Å². The Balaban J connectivity index is 1.42.